The van der Waals surface area contributed by atoms with E-state index < -0.39 is 6.67 Å². The molecule has 0 aromatic rings. The molecule has 0 aromatic heterocycles. The lowest BCUT2D eigenvalue weighted by molar-refractivity contribution is 0.561. The predicted octanol–water partition coefficient (Wildman–Crippen LogP) is 1.50. The first-order valence-electron chi connectivity index (χ1n) is 3.01. The van der Waals surface area contributed by atoms with E-state index >= 15 is 0 Å². The first-order valence-corrected chi connectivity index (χ1v) is 3.01. The van der Waals surface area contributed by atoms with Gasteiger partial charge in [-0.05, 0) is 13.0 Å². The molecule has 10 heavy (non-hydrogen) atoms. The maximum atomic E-state index is 11.6. The van der Waals surface area contributed by atoms with Crippen LogP contribution in [-0.4, -0.2) is 19.4 Å². The van der Waals surface area contributed by atoms with E-state index in [-0.39, 0.29) is 5.57 Å². The molecule has 3 heteroatoms. The summed E-state index contributed by atoms with van der Waals surface area (Å²) in [6.45, 7) is 1.85. The smallest absolute Gasteiger partial charge is 0.109 e. The summed E-state index contributed by atoms with van der Waals surface area (Å²) < 4.78 is 11.6. The van der Waals surface area contributed by atoms with Crippen molar-refractivity contribution in [2.24, 2.45) is 4.99 Å². The van der Waals surface area contributed by atoms with Crippen molar-refractivity contribution in [3.8, 4) is 6.07 Å². The van der Waals surface area contributed by atoms with E-state index in [1.54, 1.807) is 0 Å². The molecule has 0 aliphatic carbocycles. The van der Waals surface area contributed by atoms with Gasteiger partial charge in [0.2, 0.25) is 0 Å². The molecule has 54 valence electrons. The summed E-state index contributed by atoms with van der Waals surface area (Å²) in [5, 5.41) is 8.31. The molecule has 0 fully saturated rings. The predicted molar refractivity (Wildman–Crippen MR) is 38.7 cm³/mol. The van der Waals surface area contributed by atoms with Crippen LogP contribution in [0.15, 0.2) is 16.6 Å². The molecule has 0 saturated heterocycles. The van der Waals surface area contributed by atoms with E-state index in [0.29, 0.717) is 6.54 Å². The molecule has 0 spiro atoms. The van der Waals surface area contributed by atoms with Gasteiger partial charge in [-0.25, -0.2) is 4.39 Å². The lowest BCUT2D eigenvalue weighted by atomic mass is 10.3. The van der Waals surface area contributed by atoms with Crippen LogP contribution >= 0.6 is 0 Å². The van der Waals surface area contributed by atoms with Gasteiger partial charge in [-0.3, -0.25) is 4.99 Å². The van der Waals surface area contributed by atoms with E-state index in [0.717, 1.165) is 0 Å². The van der Waals surface area contributed by atoms with E-state index in [2.05, 4.69) is 4.99 Å². The zero-order valence-electron chi connectivity index (χ0n) is 5.84. The Morgan fingerprint density at radius 3 is 2.90 bits per heavy atom. The Labute approximate surface area is 59.7 Å². The van der Waals surface area contributed by atoms with Crippen molar-refractivity contribution in [2.45, 2.75) is 6.92 Å². The van der Waals surface area contributed by atoms with E-state index in [4.69, 9.17) is 5.26 Å². The maximum absolute atomic E-state index is 11.6. The van der Waals surface area contributed by atoms with E-state index in [1.165, 1.54) is 12.3 Å². The Hall–Kier alpha value is -1.17. The van der Waals surface area contributed by atoms with Crippen molar-refractivity contribution in [3.05, 3.63) is 11.6 Å². The number of alkyl halides is 1. The number of hydrogen-bond donors (Lipinski definition) is 0. The van der Waals surface area contributed by atoms with Crippen molar-refractivity contribution in [2.75, 3.05) is 13.2 Å². The standard InChI is InChI=1S/C7H9FN2/c1-2-10-6-7(5-9)3-4-8/h3,6H,2,4H2,1H3/b7-3-,10-6?. The second-order valence-electron chi connectivity index (χ2n) is 1.55. The monoisotopic (exact) mass is 140 g/mol. The number of hydrogen-bond acceptors (Lipinski definition) is 2. The van der Waals surface area contributed by atoms with Gasteiger partial charge in [0.25, 0.3) is 0 Å². The average Bonchev–Trinajstić information content (AvgIpc) is 1.98. The van der Waals surface area contributed by atoms with Crippen LogP contribution in [0.4, 0.5) is 4.39 Å². The molecule has 0 N–H and O–H groups in total. The van der Waals surface area contributed by atoms with Gasteiger partial charge in [-0.2, -0.15) is 5.26 Å². The van der Waals surface area contributed by atoms with Crippen LogP contribution in [0, 0.1) is 11.3 Å². The molecular weight excluding hydrogens is 131 g/mol. The van der Waals surface area contributed by atoms with Crippen LogP contribution in [0.3, 0.4) is 0 Å². The van der Waals surface area contributed by atoms with Crippen molar-refractivity contribution in [1.82, 2.24) is 0 Å². The van der Waals surface area contributed by atoms with Crippen LogP contribution in [0.1, 0.15) is 6.92 Å². The fourth-order valence-electron chi connectivity index (χ4n) is 0.400. The van der Waals surface area contributed by atoms with Gasteiger partial charge < -0.3 is 0 Å². The van der Waals surface area contributed by atoms with Crippen molar-refractivity contribution in [1.29, 1.82) is 5.26 Å². The van der Waals surface area contributed by atoms with Crippen molar-refractivity contribution >= 4 is 6.21 Å². The Bertz CT molecular complexity index is 177. The third-order valence-corrected chi connectivity index (χ3v) is 0.839. The molecule has 0 radical (unpaired) electrons. The topological polar surface area (TPSA) is 36.1 Å². The molecule has 0 rings (SSSR count). The Kier molecular flexibility index (Phi) is 5.26. The van der Waals surface area contributed by atoms with Crippen LogP contribution in [-0.2, 0) is 0 Å². The largest absolute Gasteiger partial charge is 0.292 e. The molecule has 0 aromatic carbocycles. The number of halogens is 1. The molecular formula is C7H9FN2. The third kappa shape index (κ3) is 3.79. The summed E-state index contributed by atoms with van der Waals surface area (Å²) in [4.78, 5) is 3.78. The number of nitriles is 1. The molecule has 0 aliphatic heterocycles. The zero-order valence-corrected chi connectivity index (χ0v) is 5.84. The molecule has 0 saturated carbocycles. The highest BCUT2D eigenvalue weighted by Gasteiger charge is 1.85. The summed E-state index contributed by atoms with van der Waals surface area (Å²) in [5.41, 5.74) is 0.282. The highest BCUT2D eigenvalue weighted by molar-refractivity contribution is 5.83. The van der Waals surface area contributed by atoms with Crippen LogP contribution < -0.4 is 0 Å². The highest BCUT2D eigenvalue weighted by Crippen LogP contribution is 1.87. The van der Waals surface area contributed by atoms with Crippen LogP contribution in [0.5, 0.6) is 0 Å². The zero-order chi connectivity index (χ0) is 7.82. The maximum Gasteiger partial charge on any atom is 0.109 e. The Balaban J connectivity index is 3.99. The number of rotatable bonds is 3. The summed E-state index contributed by atoms with van der Waals surface area (Å²) in [6.07, 6.45) is 2.57. The normalized spacial score (nSPS) is 11.9. The molecule has 2 nitrogen and oxygen atoms in total. The number of nitrogens with zero attached hydrogens (tertiary/aromatic N) is 2. The highest BCUT2D eigenvalue weighted by atomic mass is 19.1. The van der Waals surface area contributed by atoms with Gasteiger partial charge in [0, 0.05) is 12.8 Å². The summed E-state index contributed by atoms with van der Waals surface area (Å²) in [5.74, 6) is 0. The molecule has 0 unspecified atom stereocenters. The van der Waals surface area contributed by atoms with Gasteiger partial charge in [-0.15, -0.1) is 0 Å². The van der Waals surface area contributed by atoms with Gasteiger partial charge in [0.15, 0.2) is 0 Å². The SMILES string of the molecule is CCN=C/C(C#N)=C\CF. The number of aliphatic imine (C=N–C) groups is 1. The summed E-state index contributed by atoms with van der Waals surface area (Å²) in [7, 11) is 0. The molecule has 0 heterocycles. The first-order chi connectivity index (χ1) is 4.85. The van der Waals surface area contributed by atoms with Gasteiger partial charge in [-0.1, -0.05) is 0 Å². The summed E-state index contributed by atoms with van der Waals surface area (Å²) >= 11 is 0. The minimum absolute atomic E-state index is 0.282. The van der Waals surface area contributed by atoms with Crippen LogP contribution in [0.2, 0.25) is 0 Å². The van der Waals surface area contributed by atoms with Crippen LogP contribution in [0.25, 0.3) is 0 Å². The van der Waals surface area contributed by atoms with Crippen molar-refractivity contribution < 1.29 is 4.39 Å². The minimum atomic E-state index is -0.612. The van der Waals surface area contributed by atoms with Crippen molar-refractivity contribution in [3.63, 3.8) is 0 Å². The average molecular weight is 140 g/mol. The quantitative estimate of drug-likeness (QED) is 0.432. The molecule has 0 bridgehead atoms. The number of allylic oxidation sites excluding steroid dienone is 2. The third-order valence-electron chi connectivity index (χ3n) is 0.839. The Morgan fingerprint density at radius 1 is 1.80 bits per heavy atom. The Morgan fingerprint density at radius 2 is 2.50 bits per heavy atom. The summed E-state index contributed by atoms with van der Waals surface area (Å²) in [6, 6.07) is 1.81. The van der Waals surface area contributed by atoms with E-state index in [9.17, 15) is 4.39 Å². The lowest BCUT2D eigenvalue weighted by Gasteiger charge is -1.83. The second-order valence-corrected chi connectivity index (χ2v) is 1.55. The van der Waals surface area contributed by atoms with E-state index in [1.807, 2.05) is 13.0 Å². The fraction of sp³-hybridized carbons (Fsp3) is 0.429. The molecule has 0 aliphatic rings. The van der Waals surface area contributed by atoms with Gasteiger partial charge >= 0.3 is 0 Å². The second kappa shape index (κ2) is 5.96. The molecule has 0 amide bonds. The van der Waals surface area contributed by atoms with Gasteiger partial charge in [0.05, 0.1) is 5.57 Å². The lowest BCUT2D eigenvalue weighted by Crippen LogP contribution is -1.82. The van der Waals surface area contributed by atoms with Gasteiger partial charge in [0.1, 0.15) is 12.7 Å². The fourth-order valence-corrected chi connectivity index (χ4v) is 0.400. The molecule has 0 atom stereocenters. The minimum Gasteiger partial charge on any atom is -0.292 e. The first kappa shape index (κ1) is 8.83.